The van der Waals surface area contributed by atoms with Crippen LogP contribution < -0.4 is 15.0 Å². The molecule has 1 saturated heterocycles. The number of allylic oxidation sites excluding steroid dienone is 3. The van der Waals surface area contributed by atoms with Gasteiger partial charge in [0.25, 0.3) is 0 Å². The summed E-state index contributed by atoms with van der Waals surface area (Å²) in [4.78, 5) is 26.3. The highest BCUT2D eigenvalue weighted by Gasteiger charge is 2.38. The van der Waals surface area contributed by atoms with E-state index in [1.807, 2.05) is 44.6 Å². The maximum Gasteiger partial charge on any atom is 0.409 e. The highest BCUT2D eigenvalue weighted by molar-refractivity contribution is 6.36. The summed E-state index contributed by atoms with van der Waals surface area (Å²) in [5.41, 5.74) is 1.32. The summed E-state index contributed by atoms with van der Waals surface area (Å²) in [6.07, 6.45) is 8.09. The van der Waals surface area contributed by atoms with E-state index in [1.54, 1.807) is 19.1 Å². The molecule has 1 radical (unpaired) electrons. The van der Waals surface area contributed by atoms with Crippen LogP contribution in [0.15, 0.2) is 35.9 Å². The first-order valence-electron chi connectivity index (χ1n) is 11.2. The van der Waals surface area contributed by atoms with Crippen LogP contribution in [0.3, 0.4) is 0 Å². The lowest BCUT2D eigenvalue weighted by atomic mass is 9.67. The number of alkyl carbamates (subject to hydrolysis) is 1. The molecule has 3 rings (SSSR count). The molecule has 2 N–H and O–H groups in total. The summed E-state index contributed by atoms with van der Waals surface area (Å²) in [6, 6.07) is 3.80. The van der Waals surface area contributed by atoms with Gasteiger partial charge in [-0.15, -0.1) is 0 Å². The number of hydrogen-bond acceptors (Lipinski definition) is 5. The minimum Gasteiger partial charge on any atom is -0.495 e. The SMILES string of the molecule is COc1cc2cc(c1Cl)N(C)C(=O)CCC[B]CC1C[C@](O)(C/C=C/C=C(\C)C2)NC(=O)O1. The van der Waals surface area contributed by atoms with Gasteiger partial charge >= 0.3 is 6.09 Å². The molecule has 0 aliphatic carbocycles. The number of nitrogens with zero attached hydrogens (tertiary/aromatic N) is 1. The fourth-order valence-electron chi connectivity index (χ4n) is 4.12. The molecule has 0 saturated carbocycles. The molecule has 2 atom stereocenters. The van der Waals surface area contributed by atoms with E-state index in [-0.39, 0.29) is 12.3 Å². The maximum absolute atomic E-state index is 12.8. The number of amides is 2. The molecule has 9 heteroatoms. The quantitative estimate of drug-likeness (QED) is 0.595. The molecule has 1 aromatic carbocycles. The zero-order valence-corrected chi connectivity index (χ0v) is 20.2. The molecule has 0 spiro atoms. The van der Waals surface area contributed by atoms with Crippen LogP contribution in [0.2, 0.25) is 17.7 Å². The number of methoxy groups -OCH3 is 1. The Balaban J connectivity index is 1.87. The normalized spacial score (nSPS) is 27.5. The Labute approximate surface area is 201 Å². The van der Waals surface area contributed by atoms with Crippen molar-refractivity contribution < 1.29 is 24.2 Å². The van der Waals surface area contributed by atoms with Crippen molar-refractivity contribution in [2.45, 2.75) is 63.5 Å². The fraction of sp³-hybridized carbons (Fsp3) is 0.500. The number of halogens is 1. The number of fused-ring (bicyclic) bond motifs is 4. The molecule has 0 aromatic heterocycles. The van der Waals surface area contributed by atoms with E-state index < -0.39 is 17.9 Å². The highest BCUT2D eigenvalue weighted by atomic mass is 35.5. The molecular weight excluding hydrogens is 443 g/mol. The summed E-state index contributed by atoms with van der Waals surface area (Å²) >= 11 is 6.52. The average molecular weight is 474 g/mol. The van der Waals surface area contributed by atoms with Gasteiger partial charge in [-0.05, 0) is 37.4 Å². The first-order valence-corrected chi connectivity index (χ1v) is 11.6. The van der Waals surface area contributed by atoms with E-state index in [2.05, 4.69) is 5.32 Å². The zero-order valence-electron chi connectivity index (χ0n) is 19.4. The summed E-state index contributed by atoms with van der Waals surface area (Å²) in [5, 5.41) is 13.8. The molecule has 2 heterocycles. The predicted molar refractivity (Wildman–Crippen MR) is 130 cm³/mol. The summed E-state index contributed by atoms with van der Waals surface area (Å²) in [7, 11) is 5.28. The first-order chi connectivity index (χ1) is 15.7. The lowest BCUT2D eigenvalue weighted by molar-refractivity contribution is -0.118. The number of hydrogen-bond donors (Lipinski definition) is 2. The molecule has 33 heavy (non-hydrogen) atoms. The Morgan fingerprint density at radius 3 is 2.91 bits per heavy atom. The van der Waals surface area contributed by atoms with Crippen LogP contribution in [0, 0.1) is 0 Å². The topological polar surface area (TPSA) is 88.1 Å². The van der Waals surface area contributed by atoms with Crippen LogP contribution in [0.4, 0.5) is 10.5 Å². The second kappa shape index (κ2) is 11.1. The van der Waals surface area contributed by atoms with Gasteiger partial charge in [-0.1, -0.05) is 48.1 Å². The van der Waals surface area contributed by atoms with Crippen molar-refractivity contribution in [1.82, 2.24) is 5.32 Å². The van der Waals surface area contributed by atoms with Gasteiger partial charge in [0.2, 0.25) is 5.91 Å². The maximum atomic E-state index is 12.8. The van der Waals surface area contributed by atoms with Gasteiger partial charge in [-0.2, -0.15) is 0 Å². The van der Waals surface area contributed by atoms with Crippen molar-refractivity contribution >= 4 is 36.6 Å². The third-order valence-corrected chi connectivity index (χ3v) is 6.27. The van der Waals surface area contributed by atoms with Crippen LogP contribution in [0.1, 0.15) is 38.2 Å². The first kappa shape index (κ1) is 25.2. The van der Waals surface area contributed by atoms with E-state index in [1.165, 1.54) is 0 Å². The van der Waals surface area contributed by atoms with Gasteiger partial charge in [0.15, 0.2) is 0 Å². The van der Waals surface area contributed by atoms with E-state index in [4.69, 9.17) is 21.1 Å². The van der Waals surface area contributed by atoms with E-state index >= 15 is 0 Å². The Hall–Kier alpha value is -2.45. The number of carbonyl (C=O) groups excluding carboxylic acids is 2. The van der Waals surface area contributed by atoms with Crippen molar-refractivity contribution in [2.75, 3.05) is 19.1 Å². The molecule has 177 valence electrons. The molecular formula is C24H31BClN2O5. The molecule has 2 aliphatic heterocycles. The van der Waals surface area contributed by atoms with Crippen molar-refractivity contribution in [1.29, 1.82) is 0 Å². The lowest BCUT2D eigenvalue weighted by Gasteiger charge is -2.36. The van der Waals surface area contributed by atoms with Gasteiger partial charge in [0.05, 0.1) is 12.8 Å². The number of carbonyl (C=O) groups is 2. The zero-order chi connectivity index (χ0) is 24.0. The summed E-state index contributed by atoms with van der Waals surface area (Å²) in [6.45, 7) is 2.00. The monoisotopic (exact) mass is 473 g/mol. The Bertz CT molecular complexity index is 951. The summed E-state index contributed by atoms with van der Waals surface area (Å²) < 4.78 is 10.8. The van der Waals surface area contributed by atoms with Crippen molar-refractivity contribution in [3.05, 3.63) is 46.5 Å². The molecule has 2 aliphatic rings. The Morgan fingerprint density at radius 1 is 1.36 bits per heavy atom. The van der Waals surface area contributed by atoms with Crippen molar-refractivity contribution in [3.63, 3.8) is 0 Å². The number of nitrogens with one attached hydrogen (secondary N) is 1. The van der Waals surface area contributed by atoms with Crippen LogP contribution in [0.5, 0.6) is 5.75 Å². The average Bonchev–Trinajstić information content (AvgIpc) is 2.75. The van der Waals surface area contributed by atoms with E-state index in [0.717, 1.165) is 11.1 Å². The van der Waals surface area contributed by atoms with Crippen LogP contribution >= 0.6 is 11.6 Å². The number of aliphatic hydroxyl groups is 1. The predicted octanol–water partition coefficient (Wildman–Crippen LogP) is 4.27. The second-order valence-electron chi connectivity index (χ2n) is 8.71. The third kappa shape index (κ3) is 6.77. The largest absolute Gasteiger partial charge is 0.495 e. The lowest BCUT2D eigenvalue weighted by Crippen LogP contribution is -2.56. The van der Waals surface area contributed by atoms with E-state index in [0.29, 0.717) is 54.8 Å². The van der Waals surface area contributed by atoms with Crippen LogP contribution in [-0.4, -0.2) is 50.4 Å². The minimum atomic E-state index is -1.34. The molecule has 4 bridgehead atoms. The number of benzene rings is 1. The van der Waals surface area contributed by atoms with Gasteiger partial charge in [-0.25, -0.2) is 4.79 Å². The standard InChI is InChI=1S/C24H31BClN2O5/c1-16-7-4-5-9-24(31)14-18(33-23(30)27-24)15-25-10-6-8-21(29)28(2)19-12-17(11-16)13-20(32-3)22(19)26/h4-5,7,12-13,18,31H,6,8-11,14-15H2,1-3H3,(H,27,30)/b5-4+,16-7+/t18?,24-/m1/s1. The van der Waals surface area contributed by atoms with Gasteiger partial charge in [-0.3, -0.25) is 10.1 Å². The van der Waals surface area contributed by atoms with Crippen molar-refractivity contribution in [2.24, 2.45) is 0 Å². The van der Waals surface area contributed by atoms with Gasteiger partial charge in [0, 0.05) is 26.3 Å². The van der Waals surface area contributed by atoms with Gasteiger partial charge in [0.1, 0.15) is 29.9 Å². The van der Waals surface area contributed by atoms with Crippen LogP contribution in [-0.2, 0) is 16.0 Å². The minimum absolute atomic E-state index is 0.0414. The number of ether oxygens (including phenoxy) is 2. The summed E-state index contributed by atoms with van der Waals surface area (Å²) in [5.74, 6) is 0.483. The highest BCUT2D eigenvalue weighted by Crippen LogP contribution is 2.36. The molecule has 1 fully saturated rings. The van der Waals surface area contributed by atoms with Gasteiger partial charge < -0.3 is 19.5 Å². The third-order valence-electron chi connectivity index (χ3n) is 5.89. The molecule has 7 nitrogen and oxygen atoms in total. The Kier molecular flexibility index (Phi) is 8.49. The smallest absolute Gasteiger partial charge is 0.409 e. The number of rotatable bonds is 1. The molecule has 1 unspecified atom stereocenters. The number of anilines is 1. The van der Waals surface area contributed by atoms with E-state index in [9.17, 15) is 14.7 Å². The van der Waals surface area contributed by atoms with Crippen molar-refractivity contribution in [3.8, 4) is 5.75 Å². The Morgan fingerprint density at radius 2 is 2.15 bits per heavy atom. The molecule has 2 amide bonds. The van der Waals surface area contributed by atoms with Crippen LogP contribution in [0.25, 0.3) is 0 Å². The second-order valence-corrected chi connectivity index (χ2v) is 9.09. The fourth-order valence-corrected chi connectivity index (χ4v) is 4.43. The molecule has 1 aromatic rings.